The zero-order chi connectivity index (χ0) is 20.0. The van der Waals surface area contributed by atoms with E-state index in [-0.39, 0.29) is 29.4 Å². The first-order valence-corrected chi connectivity index (χ1v) is 8.80. The van der Waals surface area contributed by atoms with Crippen molar-refractivity contribution in [2.75, 3.05) is 7.11 Å². The Labute approximate surface area is 158 Å². The molecular formula is C21H24O6. The standard InChI is InChI=1S/C21H24O6/c1-13-7-8-17(23)9-15(12-22)5-4-6-16-10-18(26-3)11-19(24)20(16)21(25)27-14(13)2/h4,6-8,10-15,24H,5,9H2,1-3H3/b6-4+,8-7-/t13?,14-,15?/m0/s1. The van der Waals surface area contributed by atoms with Crippen LogP contribution in [-0.4, -0.2) is 36.4 Å². The molecular weight excluding hydrogens is 348 g/mol. The van der Waals surface area contributed by atoms with Crippen LogP contribution in [0.25, 0.3) is 6.08 Å². The summed E-state index contributed by atoms with van der Waals surface area (Å²) < 4.78 is 10.6. The summed E-state index contributed by atoms with van der Waals surface area (Å²) in [6.07, 6.45) is 7.10. The van der Waals surface area contributed by atoms with Gasteiger partial charge in [0.15, 0.2) is 5.78 Å². The molecule has 27 heavy (non-hydrogen) atoms. The van der Waals surface area contributed by atoms with Gasteiger partial charge in [-0.2, -0.15) is 0 Å². The van der Waals surface area contributed by atoms with Gasteiger partial charge in [0.05, 0.1) is 7.11 Å². The summed E-state index contributed by atoms with van der Waals surface area (Å²) in [6.45, 7) is 3.53. The Hall–Kier alpha value is -2.89. The molecule has 0 aromatic heterocycles. The van der Waals surface area contributed by atoms with E-state index in [0.717, 1.165) is 6.29 Å². The van der Waals surface area contributed by atoms with E-state index in [2.05, 4.69) is 0 Å². The molecule has 1 N–H and O–H groups in total. The number of fused-ring (bicyclic) bond motifs is 1. The molecule has 1 aliphatic rings. The van der Waals surface area contributed by atoms with Crippen LogP contribution in [0, 0.1) is 11.8 Å². The molecule has 1 aliphatic heterocycles. The highest BCUT2D eigenvalue weighted by molar-refractivity contribution is 5.97. The van der Waals surface area contributed by atoms with Crippen LogP contribution in [0.2, 0.25) is 0 Å². The van der Waals surface area contributed by atoms with Crippen LogP contribution in [-0.2, 0) is 14.3 Å². The van der Waals surface area contributed by atoms with Gasteiger partial charge in [-0.3, -0.25) is 4.79 Å². The monoisotopic (exact) mass is 372 g/mol. The second kappa shape index (κ2) is 9.16. The minimum absolute atomic E-state index is 0.0332. The first-order chi connectivity index (χ1) is 12.8. The number of rotatable bonds is 2. The zero-order valence-corrected chi connectivity index (χ0v) is 15.7. The van der Waals surface area contributed by atoms with Gasteiger partial charge in [0.2, 0.25) is 0 Å². The zero-order valence-electron chi connectivity index (χ0n) is 15.7. The van der Waals surface area contributed by atoms with E-state index < -0.39 is 18.0 Å². The normalized spacial score (nSPS) is 26.3. The highest BCUT2D eigenvalue weighted by atomic mass is 16.5. The number of benzene rings is 1. The van der Waals surface area contributed by atoms with Crippen molar-refractivity contribution in [2.45, 2.75) is 32.8 Å². The number of aromatic hydroxyl groups is 1. The van der Waals surface area contributed by atoms with Crippen LogP contribution in [0.5, 0.6) is 11.5 Å². The van der Waals surface area contributed by atoms with Crippen molar-refractivity contribution in [3.8, 4) is 11.5 Å². The number of methoxy groups -OCH3 is 1. The summed E-state index contributed by atoms with van der Waals surface area (Å²) in [6, 6.07) is 2.95. The molecule has 0 bridgehead atoms. The van der Waals surface area contributed by atoms with Crippen molar-refractivity contribution in [1.29, 1.82) is 0 Å². The van der Waals surface area contributed by atoms with Gasteiger partial charge < -0.3 is 19.4 Å². The number of cyclic esters (lactones) is 1. The van der Waals surface area contributed by atoms with Crippen molar-refractivity contribution in [3.05, 3.63) is 41.5 Å². The Kier molecular flexibility index (Phi) is 6.93. The fraction of sp³-hybridized carbons (Fsp3) is 0.381. The third-order valence-corrected chi connectivity index (χ3v) is 4.57. The Morgan fingerprint density at radius 2 is 1.96 bits per heavy atom. The van der Waals surface area contributed by atoms with Crippen LogP contribution in [0.3, 0.4) is 0 Å². The number of carbonyl (C=O) groups is 3. The predicted molar refractivity (Wildman–Crippen MR) is 101 cm³/mol. The number of phenolic OH excluding ortho intramolecular Hbond substituents is 1. The van der Waals surface area contributed by atoms with Crippen LogP contribution < -0.4 is 4.74 Å². The lowest BCUT2D eigenvalue weighted by molar-refractivity contribution is -0.119. The van der Waals surface area contributed by atoms with E-state index in [4.69, 9.17) is 9.47 Å². The number of phenols is 1. The molecule has 0 radical (unpaired) electrons. The highest BCUT2D eigenvalue weighted by Gasteiger charge is 2.23. The summed E-state index contributed by atoms with van der Waals surface area (Å²) >= 11 is 0. The van der Waals surface area contributed by atoms with Crippen LogP contribution in [0.15, 0.2) is 30.4 Å². The molecule has 6 nitrogen and oxygen atoms in total. The minimum Gasteiger partial charge on any atom is -0.507 e. The maximum Gasteiger partial charge on any atom is 0.342 e. The van der Waals surface area contributed by atoms with Gasteiger partial charge in [0.25, 0.3) is 0 Å². The molecule has 0 saturated heterocycles. The molecule has 2 rings (SSSR count). The molecule has 0 fully saturated rings. The topological polar surface area (TPSA) is 89.9 Å². The molecule has 1 aromatic rings. The second-order valence-corrected chi connectivity index (χ2v) is 6.64. The summed E-state index contributed by atoms with van der Waals surface area (Å²) in [4.78, 5) is 35.9. The van der Waals surface area contributed by atoms with Gasteiger partial charge in [-0.05, 0) is 31.1 Å². The van der Waals surface area contributed by atoms with Gasteiger partial charge in [0, 0.05) is 24.3 Å². The molecule has 1 heterocycles. The third kappa shape index (κ3) is 5.29. The molecule has 144 valence electrons. The Balaban J connectivity index is 2.49. The number of esters is 1. The average Bonchev–Trinajstić information content (AvgIpc) is 2.63. The fourth-order valence-electron chi connectivity index (χ4n) is 2.73. The first-order valence-electron chi connectivity index (χ1n) is 8.80. The molecule has 0 amide bonds. The average molecular weight is 372 g/mol. The molecule has 6 heteroatoms. The lowest BCUT2D eigenvalue weighted by Crippen LogP contribution is -2.22. The molecule has 2 unspecified atom stereocenters. The van der Waals surface area contributed by atoms with E-state index in [0.29, 0.717) is 17.7 Å². The quantitative estimate of drug-likeness (QED) is 0.633. The van der Waals surface area contributed by atoms with E-state index in [1.54, 1.807) is 31.2 Å². The molecule has 1 aromatic carbocycles. The number of hydrogen-bond acceptors (Lipinski definition) is 6. The number of ketones is 1. The van der Waals surface area contributed by atoms with Crippen LogP contribution >= 0.6 is 0 Å². The predicted octanol–water partition coefficient (Wildman–Crippen LogP) is 3.33. The molecule has 0 aliphatic carbocycles. The highest BCUT2D eigenvalue weighted by Crippen LogP contribution is 2.30. The number of allylic oxidation sites excluding steroid dienone is 2. The third-order valence-electron chi connectivity index (χ3n) is 4.57. The molecule has 0 saturated carbocycles. The van der Waals surface area contributed by atoms with Gasteiger partial charge in [0.1, 0.15) is 29.5 Å². The Bertz CT molecular complexity index is 777. The summed E-state index contributed by atoms with van der Waals surface area (Å²) in [5, 5.41) is 10.3. The van der Waals surface area contributed by atoms with E-state index in [1.165, 1.54) is 19.3 Å². The maximum atomic E-state index is 12.6. The van der Waals surface area contributed by atoms with Crippen molar-refractivity contribution in [2.24, 2.45) is 11.8 Å². The molecule has 0 spiro atoms. The number of carbonyl (C=O) groups excluding carboxylic acids is 3. The van der Waals surface area contributed by atoms with Gasteiger partial charge >= 0.3 is 5.97 Å². The minimum atomic E-state index is -0.669. The summed E-state index contributed by atoms with van der Waals surface area (Å²) in [5.74, 6) is -1.35. The number of ether oxygens (including phenoxy) is 2. The number of aldehydes is 1. The SMILES string of the molecule is COc1cc(O)c2c(c1)/C=C/CC(C=O)CC(=O)/C=C\C(C)[C@H](C)OC2=O. The van der Waals surface area contributed by atoms with Crippen molar-refractivity contribution >= 4 is 24.1 Å². The van der Waals surface area contributed by atoms with Crippen molar-refractivity contribution in [3.63, 3.8) is 0 Å². The lowest BCUT2D eigenvalue weighted by Gasteiger charge is -2.19. The second-order valence-electron chi connectivity index (χ2n) is 6.64. The van der Waals surface area contributed by atoms with E-state index in [9.17, 15) is 19.5 Å². The van der Waals surface area contributed by atoms with Crippen LogP contribution in [0.1, 0.15) is 42.6 Å². The summed E-state index contributed by atoms with van der Waals surface area (Å²) in [5.41, 5.74) is 0.450. The Morgan fingerprint density at radius 1 is 1.22 bits per heavy atom. The van der Waals surface area contributed by atoms with Gasteiger partial charge in [-0.15, -0.1) is 0 Å². The van der Waals surface area contributed by atoms with Crippen molar-refractivity contribution in [1.82, 2.24) is 0 Å². The smallest absolute Gasteiger partial charge is 0.342 e. The summed E-state index contributed by atoms with van der Waals surface area (Å²) in [7, 11) is 1.45. The molecule has 3 atom stereocenters. The van der Waals surface area contributed by atoms with E-state index in [1.807, 2.05) is 6.92 Å². The van der Waals surface area contributed by atoms with E-state index >= 15 is 0 Å². The fourth-order valence-corrected chi connectivity index (χ4v) is 2.73. The Morgan fingerprint density at radius 3 is 2.63 bits per heavy atom. The van der Waals surface area contributed by atoms with Crippen molar-refractivity contribution < 1.29 is 29.0 Å². The number of hydrogen-bond donors (Lipinski definition) is 1. The lowest BCUT2D eigenvalue weighted by atomic mass is 9.97. The van der Waals surface area contributed by atoms with Gasteiger partial charge in [-0.25, -0.2) is 4.79 Å². The van der Waals surface area contributed by atoms with Gasteiger partial charge in [-0.1, -0.05) is 25.2 Å². The maximum absolute atomic E-state index is 12.6. The largest absolute Gasteiger partial charge is 0.507 e. The van der Waals surface area contributed by atoms with Crippen LogP contribution in [0.4, 0.5) is 0 Å². The first kappa shape index (κ1) is 20.4.